The van der Waals surface area contributed by atoms with Crippen LogP contribution in [0.1, 0.15) is 61.5 Å². The Morgan fingerprint density at radius 2 is 1.91 bits per heavy atom. The fraction of sp³-hybridized carbons (Fsp3) is 0.632. The van der Waals surface area contributed by atoms with Crippen LogP contribution in [-0.2, 0) is 4.74 Å². The highest BCUT2D eigenvalue weighted by Crippen LogP contribution is 2.37. The Kier molecular flexibility index (Phi) is 5.23. The van der Waals surface area contributed by atoms with Crippen LogP contribution in [0, 0.1) is 31.6 Å². The molecule has 0 bridgehead atoms. The fourth-order valence-corrected chi connectivity index (χ4v) is 3.59. The second-order valence-electron chi connectivity index (χ2n) is 7.33. The normalized spacial score (nSPS) is 24.7. The van der Waals surface area contributed by atoms with Crippen LogP contribution < -0.4 is 0 Å². The molecule has 2 N–H and O–H groups in total. The van der Waals surface area contributed by atoms with Crippen molar-refractivity contribution in [2.24, 2.45) is 17.8 Å². The van der Waals surface area contributed by atoms with Crippen molar-refractivity contribution in [2.75, 3.05) is 0 Å². The molecule has 0 unspecified atom stereocenters. The zero-order valence-corrected chi connectivity index (χ0v) is 14.7. The highest BCUT2D eigenvalue weighted by atomic mass is 16.5. The first-order valence-corrected chi connectivity index (χ1v) is 8.45. The van der Waals surface area contributed by atoms with Crippen LogP contribution in [0.4, 0.5) is 0 Å². The minimum atomic E-state index is -0.493. The number of rotatable bonds is 3. The molecule has 0 radical (unpaired) electrons. The van der Waals surface area contributed by atoms with E-state index in [1.807, 2.05) is 0 Å². The summed E-state index contributed by atoms with van der Waals surface area (Å²) in [5, 5.41) is 20.0. The summed E-state index contributed by atoms with van der Waals surface area (Å²) in [6.45, 7) is 9.79. The summed E-state index contributed by atoms with van der Waals surface area (Å²) >= 11 is 0. The Balaban J connectivity index is 2.26. The molecule has 1 fully saturated rings. The molecule has 4 heteroatoms. The fourth-order valence-electron chi connectivity index (χ4n) is 3.59. The van der Waals surface area contributed by atoms with Gasteiger partial charge < -0.3 is 14.9 Å². The van der Waals surface area contributed by atoms with Crippen LogP contribution in [0.3, 0.4) is 0 Å². The van der Waals surface area contributed by atoms with Gasteiger partial charge in [0.1, 0.15) is 23.2 Å². The largest absolute Gasteiger partial charge is 0.508 e. The smallest absolute Gasteiger partial charge is 0.342 e. The zero-order chi connectivity index (χ0) is 17.3. The van der Waals surface area contributed by atoms with Gasteiger partial charge in [-0.25, -0.2) is 4.79 Å². The second-order valence-corrected chi connectivity index (χ2v) is 7.33. The molecule has 0 aliphatic heterocycles. The zero-order valence-electron chi connectivity index (χ0n) is 14.7. The summed E-state index contributed by atoms with van der Waals surface area (Å²) in [6, 6.07) is 1.50. The molecule has 0 aromatic heterocycles. The third kappa shape index (κ3) is 3.62. The van der Waals surface area contributed by atoms with E-state index in [-0.39, 0.29) is 23.2 Å². The van der Waals surface area contributed by atoms with Gasteiger partial charge in [0, 0.05) is 5.56 Å². The molecular weight excluding hydrogens is 292 g/mol. The van der Waals surface area contributed by atoms with E-state index < -0.39 is 5.97 Å². The van der Waals surface area contributed by atoms with Crippen LogP contribution in [0.15, 0.2) is 6.07 Å². The van der Waals surface area contributed by atoms with Crippen LogP contribution >= 0.6 is 0 Å². The summed E-state index contributed by atoms with van der Waals surface area (Å²) in [6.07, 6.45) is 2.99. The lowest BCUT2D eigenvalue weighted by atomic mass is 9.75. The number of ether oxygens (including phenoxy) is 1. The number of phenolic OH excluding ortho intramolecular Hbond substituents is 2. The summed E-state index contributed by atoms with van der Waals surface area (Å²) in [4.78, 5) is 12.6. The van der Waals surface area contributed by atoms with Crippen LogP contribution in [0.2, 0.25) is 0 Å². The third-order valence-electron chi connectivity index (χ3n) is 5.15. The van der Waals surface area contributed by atoms with Crippen molar-refractivity contribution in [1.82, 2.24) is 0 Å². The topological polar surface area (TPSA) is 66.8 Å². The molecule has 1 aromatic rings. The highest BCUT2D eigenvalue weighted by molar-refractivity contribution is 5.95. The molecule has 128 valence electrons. The van der Waals surface area contributed by atoms with E-state index in [0.29, 0.717) is 28.9 Å². The monoisotopic (exact) mass is 320 g/mol. The maximum absolute atomic E-state index is 12.6. The Morgan fingerprint density at radius 1 is 1.26 bits per heavy atom. The maximum atomic E-state index is 12.6. The molecule has 1 aromatic carbocycles. The lowest BCUT2D eigenvalue weighted by Crippen LogP contribution is -2.36. The first-order valence-electron chi connectivity index (χ1n) is 8.45. The summed E-state index contributed by atoms with van der Waals surface area (Å²) in [7, 11) is 0. The number of hydrogen-bond acceptors (Lipinski definition) is 4. The van der Waals surface area contributed by atoms with E-state index in [2.05, 4.69) is 20.8 Å². The molecule has 2 rings (SSSR count). The number of hydrogen-bond donors (Lipinski definition) is 2. The molecule has 0 spiro atoms. The minimum Gasteiger partial charge on any atom is -0.508 e. The molecule has 0 heterocycles. The Hall–Kier alpha value is -1.71. The highest BCUT2D eigenvalue weighted by Gasteiger charge is 2.34. The van der Waals surface area contributed by atoms with E-state index >= 15 is 0 Å². The molecule has 1 saturated carbocycles. The molecular formula is C19H28O4. The van der Waals surface area contributed by atoms with Gasteiger partial charge in [-0.3, -0.25) is 0 Å². The Bertz CT molecular complexity index is 592. The number of carbonyl (C=O) groups is 1. The van der Waals surface area contributed by atoms with Gasteiger partial charge in [-0.1, -0.05) is 27.2 Å². The van der Waals surface area contributed by atoms with Crippen molar-refractivity contribution in [3.63, 3.8) is 0 Å². The van der Waals surface area contributed by atoms with Crippen LogP contribution in [0.25, 0.3) is 0 Å². The average molecular weight is 320 g/mol. The van der Waals surface area contributed by atoms with E-state index in [1.54, 1.807) is 13.8 Å². The predicted molar refractivity (Wildman–Crippen MR) is 89.8 cm³/mol. The van der Waals surface area contributed by atoms with E-state index in [1.165, 1.54) is 12.5 Å². The van der Waals surface area contributed by atoms with Crippen LogP contribution in [-0.4, -0.2) is 22.3 Å². The Morgan fingerprint density at radius 3 is 2.52 bits per heavy atom. The number of aryl methyl sites for hydroxylation is 1. The second kappa shape index (κ2) is 6.81. The average Bonchev–Trinajstić information content (AvgIpc) is 2.44. The van der Waals surface area contributed by atoms with E-state index in [0.717, 1.165) is 12.8 Å². The summed E-state index contributed by atoms with van der Waals surface area (Å²) < 4.78 is 5.80. The standard InChI is InChI=1S/C19H28O4/c1-10(2)14-7-6-11(3)8-16(14)23-19(22)17-12(4)9-15(20)13(5)18(17)21/h9-11,14,16,20-21H,6-8H2,1-5H3/t11-,14+,16-/m0/s1. The molecule has 1 aliphatic rings. The number of benzene rings is 1. The van der Waals surface area contributed by atoms with Crippen molar-refractivity contribution < 1.29 is 19.7 Å². The van der Waals surface area contributed by atoms with Crippen molar-refractivity contribution >= 4 is 5.97 Å². The SMILES string of the molecule is Cc1cc(O)c(C)c(O)c1C(=O)O[C@H]1C[C@@H](C)CC[C@@H]1C(C)C. The molecule has 1 aliphatic carbocycles. The number of carbonyl (C=O) groups excluding carboxylic acids is 1. The predicted octanol–water partition coefficient (Wildman–Crippen LogP) is 4.33. The van der Waals surface area contributed by atoms with Crippen molar-refractivity contribution in [3.8, 4) is 11.5 Å². The lowest BCUT2D eigenvalue weighted by molar-refractivity contribution is -0.0176. The quantitative estimate of drug-likeness (QED) is 0.813. The minimum absolute atomic E-state index is 0.0112. The van der Waals surface area contributed by atoms with E-state index in [9.17, 15) is 15.0 Å². The van der Waals surface area contributed by atoms with Gasteiger partial charge in [-0.05, 0) is 56.1 Å². The number of phenols is 2. The Labute approximate surface area is 138 Å². The maximum Gasteiger partial charge on any atom is 0.342 e. The van der Waals surface area contributed by atoms with Crippen molar-refractivity contribution in [1.29, 1.82) is 0 Å². The van der Waals surface area contributed by atoms with E-state index in [4.69, 9.17) is 4.74 Å². The summed E-state index contributed by atoms with van der Waals surface area (Å²) in [5.74, 6) is 0.666. The van der Waals surface area contributed by atoms with Gasteiger partial charge in [-0.2, -0.15) is 0 Å². The van der Waals surface area contributed by atoms with Crippen molar-refractivity contribution in [3.05, 3.63) is 22.8 Å². The first kappa shape index (κ1) is 17.6. The van der Waals surface area contributed by atoms with Gasteiger partial charge in [0.25, 0.3) is 0 Å². The van der Waals surface area contributed by atoms with Gasteiger partial charge >= 0.3 is 5.97 Å². The molecule has 0 saturated heterocycles. The lowest BCUT2D eigenvalue weighted by Gasteiger charge is -2.36. The number of aromatic hydroxyl groups is 2. The molecule has 23 heavy (non-hydrogen) atoms. The first-order chi connectivity index (χ1) is 10.7. The van der Waals surface area contributed by atoms with Gasteiger partial charge in [-0.15, -0.1) is 0 Å². The summed E-state index contributed by atoms with van der Waals surface area (Å²) in [5.41, 5.74) is 1.00. The van der Waals surface area contributed by atoms with Crippen molar-refractivity contribution in [2.45, 2.75) is 60.0 Å². The van der Waals surface area contributed by atoms with Gasteiger partial charge in [0.05, 0.1) is 0 Å². The number of esters is 1. The van der Waals surface area contributed by atoms with Gasteiger partial charge in [0.2, 0.25) is 0 Å². The molecule has 4 nitrogen and oxygen atoms in total. The third-order valence-corrected chi connectivity index (χ3v) is 5.15. The molecule has 0 amide bonds. The van der Waals surface area contributed by atoms with Crippen LogP contribution in [0.5, 0.6) is 11.5 Å². The molecule has 3 atom stereocenters. The van der Waals surface area contributed by atoms with Gasteiger partial charge in [0.15, 0.2) is 0 Å².